The summed E-state index contributed by atoms with van der Waals surface area (Å²) >= 11 is 2.04. The Kier molecular flexibility index (Phi) is 1.17. The van der Waals surface area contributed by atoms with Gasteiger partial charge in [-0.15, -0.1) is 0 Å². The van der Waals surface area contributed by atoms with Crippen molar-refractivity contribution < 1.29 is 9.47 Å². The van der Waals surface area contributed by atoms with Gasteiger partial charge in [0.15, 0.2) is 0 Å². The topological polar surface area (TPSA) is 18.5 Å². The van der Waals surface area contributed by atoms with Gasteiger partial charge in [0.05, 0.1) is 12.2 Å². The fourth-order valence-electron chi connectivity index (χ4n) is 6.05. The molecule has 0 aromatic carbocycles. The highest BCUT2D eigenvalue weighted by Gasteiger charge is 2.80. The van der Waals surface area contributed by atoms with E-state index >= 15 is 0 Å². The fraction of sp³-hybridized carbons (Fsp3) is 1.00. The first-order valence-corrected chi connectivity index (χ1v) is 7.79. The van der Waals surface area contributed by atoms with Gasteiger partial charge in [-0.25, -0.2) is 0 Å². The van der Waals surface area contributed by atoms with E-state index < -0.39 is 0 Å². The van der Waals surface area contributed by atoms with E-state index in [1.807, 2.05) is 11.8 Å². The van der Waals surface area contributed by atoms with E-state index in [0.29, 0.717) is 28.5 Å². The number of ether oxygens (including phenoxy) is 2. The van der Waals surface area contributed by atoms with Crippen LogP contribution < -0.4 is 0 Å². The molecule has 0 radical (unpaired) electrons. The van der Waals surface area contributed by atoms with Crippen LogP contribution in [0.4, 0.5) is 0 Å². The second-order valence-corrected chi connectivity index (χ2v) is 7.94. The Bertz CT molecular complexity index is 361. The lowest BCUT2D eigenvalue weighted by Gasteiger charge is -2.37. The summed E-state index contributed by atoms with van der Waals surface area (Å²) in [5.41, 5.74) is 1.70. The molecule has 3 aliphatic carbocycles. The SMILES string of the molecule is C1CC2OC3SC4OC1C1C2C3C2(CC2)C41. The first kappa shape index (κ1) is 8.39. The molecule has 86 valence electrons. The summed E-state index contributed by atoms with van der Waals surface area (Å²) in [6.07, 6.45) is 6.72. The van der Waals surface area contributed by atoms with Crippen molar-refractivity contribution in [2.75, 3.05) is 0 Å². The molecular formula is C13H16O2S. The Morgan fingerprint density at radius 2 is 1.44 bits per heavy atom. The van der Waals surface area contributed by atoms with Crippen LogP contribution in [0.2, 0.25) is 0 Å². The molecular weight excluding hydrogens is 220 g/mol. The van der Waals surface area contributed by atoms with Gasteiger partial charge < -0.3 is 9.47 Å². The molecule has 0 N–H and O–H groups in total. The lowest BCUT2D eigenvalue weighted by atomic mass is 9.75. The largest absolute Gasteiger partial charge is 0.364 e. The Balaban J connectivity index is 1.65. The van der Waals surface area contributed by atoms with Gasteiger partial charge in [-0.05, 0) is 42.9 Å². The van der Waals surface area contributed by atoms with Crippen molar-refractivity contribution in [1.82, 2.24) is 0 Å². The van der Waals surface area contributed by atoms with E-state index in [-0.39, 0.29) is 0 Å². The molecule has 0 aromatic heterocycles. The summed E-state index contributed by atoms with van der Waals surface area (Å²) in [6, 6.07) is 0. The van der Waals surface area contributed by atoms with Crippen LogP contribution in [0.25, 0.3) is 0 Å². The second kappa shape index (κ2) is 2.24. The van der Waals surface area contributed by atoms with Gasteiger partial charge in [0.25, 0.3) is 0 Å². The minimum absolute atomic E-state index is 0.503. The van der Waals surface area contributed by atoms with Crippen molar-refractivity contribution in [3.05, 3.63) is 0 Å². The minimum Gasteiger partial charge on any atom is -0.364 e. The smallest absolute Gasteiger partial charge is 0.109 e. The lowest BCUT2D eigenvalue weighted by molar-refractivity contribution is -0.0125. The van der Waals surface area contributed by atoms with Crippen LogP contribution in [-0.2, 0) is 9.47 Å². The van der Waals surface area contributed by atoms with Crippen molar-refractivity contribution in [3.63, 3.8) is 0 Å². The molecule has 3 heterocycles. The average molecular weight is 236 g/mol. The maximum absolute atomic E-state index is 6.34. The molecule has 3 aliphatic heterocycles. The van der Waals surface area contributed by atoms with Gasteiger partial charge in [-0.2, -0.15) is 0 Å². The van der Waals surface area contributed by atoms with Crippen LogP contribution in [0.15, 0.2) is 0 Å². The van der Waals surface area contributed by atoms with Crippen LogP contribution >= 0.6 is 11.8 Å². The van der Waals surface area contributed by atoms with Gasteiger partial charge >= 0.3 is 0 Å². The highest BCUT2D eigenvalue weighted by molar-refractivity contribution is 8.00. The summed E-state index contributed by atoms with van der Waals surface area (Å²) in [5, 5.41) is 0. The van der Waals surface area contributed by atoms with E-state index in [9.17, 15) is 0 Å². The third kappa shape index (κ3) is 0.648. The lowest BCUT2D eigenvalue weighted by Crippen LogP contribution is -2.36. The van der Waals surface area contributed by atoms with Gasteiger partial charge in [0, 0.05) is 11.8 Å². The van der Waals surface area contributed by atoms with E-state index in [1.54, 1.807) is 0 Å². The predicted octanol–water partition coefficient (Wildman–Crippen LogP) is 2.24. The summed E-state index contributed by atoms with van der Waals surface area (Å²) in [4.78, 5) is 0. The molecule has 1 spiro atoms. The maximum atomic E-state index is 6.34. The minimum atomic E-state index is 0.503. The number of hydrogen-bond donors (Lipinski definition) is 0. The molecule has 6 fully saturated rings. The van der Waals surface area contributed by atoms with E-state index in [1.165, 1.54) is 25.7 Å². The first-order chi connectivity index (χ1) is 7.88. The standard InChI is InChI=1S/C13H16O2S/c1-2-6-8-7-5(1)14-11-9(7)13(3-4-13)10(8)12(15-6)16-11/h5-12H,1-4H2. The first-order valence-electron chi connectivity index (χ1n) is 6.85. The molecule has 3 saturated carbocycles. The molecule has 6 aliphatic rings. The summed E-state index contributed by atoms with van der Waals surface area (Å²) < 4.78 is 12.7. The number of rotatable bonds is 0. The Labute approximate surface area is 99.4 Å². The molecule has 0 aromatic rings. The monoisotopic (exact) mass is 236 g/mol. The van der Waals surface area contributed by atoms with Crippen molar-refractivity contribution in [2.24, 2.45) is 29.1 Å². The quantitative estimate of drug-likeness (QED) is 0.642. The van der Waals surface area contributed by atoms with Crippen molar-refractivity contribution in [3.8, 4) is 0 Å². The molecule has 0 amide bonds. The third-order valence-electron chi connectivity index (χ3n) is 6.50. The fourth-order valence-corrected chi connectivity index (χ4v) is 7.97. The number of hydrogen-bond acceptors (Lipinski definition) is 3. The Morgan fingerprint density at radius 1 is 0.875 bits per heavy atom. The zero-order chi connectivity index (χ0) is 10.1. The normalized spacial score (nSPS) is 70.5. The van der Waals surface area contributed by atoms with Gasteiger partial charge in [-0.3, -0.25) is 0 Å². The Hall–Kier alpha value is 0.270. The molecule has 3 heteroatoms. The zero-order valence-electron chi connectivity index (χ0n) is 9.17. The van der Waals surface area contributed by atoms with Crippen molar-refractivity contribution in [1.29, 1.82) is 0 Å². The maximum Gasteiger partial charge on any atom is 0.109 e. The summed E-state index contributed by atoms with van der Waals surface area (Å²) in [6.45, 7) is 0. The number of thioether (sulfide) groups is 1. The summed E-state index contributed by atoms with van der Waals surface area (Å²) in [7, 11) is 0. The molecule has 8 unspecified atom stereocenters. The second-order valence-electron chi connectivity index (χ2n) is 6.74. The van der Waals surface area contributed by atoms with E-state index in [4.69, 9.17) is 9.47 Å². The summed E-state index contributed by atoms with van der Waals surface area (Å²) in [5.74, 6) is 3.60. The van der Waals surface area contributed by atoms with Gasteiger partial charge in [0.2, 0.25) is 0 Å². The highest BCUT2D eigenvalue weighted by Crippen LogP contribution is 2.81. The van der Waals surface area contributed by atoms with E-state index in [2.05, 4.69) is 0 Å². The van der Waals surface area contributed by atoms with Crippen LogP contribution in [0.1, 0.15) is 25.7 Å². The molecule has 2 bridgehead atoms. The molecule has 2 nitrogen and oxygen atoms in total. The van der Waals surface area contributed by atoms with Crippen LogP contribution in [-0.4, -0.2) is 23.1 Å². The van der Waals surface area contributed by atoms with Crippen LogP contribution in [0, 0.1) is 29.1 Å². The predicted molar refractivity (Wildman–Crippen MR) is 59.8 cm³/mol. The molecule has 3 saturated heterocycles. The van der Waals surface area contributed by atoms with Gasteiger partial charge in [0.1, 0.15) is 10.9 Å². The Morgan fingerprint density at radius 3 is 1.94 bits per heavy atom. The average Bonchev–Trinajstić information content (AvgIpc) is 2.73. The molecule has 6 rings (SSSR count). The van der Waals surface area contributed by atoms with E-state index in [0.717, 1.165) is 23.7 Å². The van der Waals surface area contributed by atoms with Crippen molar-refractivity contribution >= 4 is 11.8 Å². The third-order valence-corrected chi connectivity index (χ3v) is 7.84. The zero-order valence-corrected chi connectivity index (χ0v) is 9.99. The molecule has 16 heavy (non-hydrogen) atoms. The van der Waals surface area contributed by atoms with Crippen LogP contribution in [0.3, 0.4) is 0 Å². The van der Waals surface area contributed by atoms with Crippen LogP contribution in [0.5, 0.6) is 0 Å². The van der Waals surface area contributed by atoms with Gasteiger partial charge in [-0.1, -0.05) is 11.8 Å². The molecule has 8 atom stereocenters. The highest BCUT2D eigenvalue weighted by atomic mass is 32.2. The van der Waals surface area contributed by atoms with Crippen molar-refractivity contribution in [2.45, 2.75) is 48.8 Å².